The van der Waals surface area contributed by atoms with Crippen molar-refractivity contribution in [3.63, 3.8) is 0 Å². The van der Waals surface area contributed by atoms with Gasteiger partial charge in [0.2, 0.25) is 5.91 Å². The zero-order chi connectivity index (χ0) is 21.4. The van der Waals surface area contributed by atoms with Gasteiger partial charge >= 0.3 is 12.1 Å². The highest BCUT2D eigenvalue weighted by molar-refractivity contribution is 5.89. The van der Waals surface area contributed by atoms with Gasteiger partial charge in [0, 0.05) is 6.54 Å². The summed E-state index contributed by atoms with van der Waals surface area (Å²) in [6.07, 6.45) is 1.44. The number of aliphatic carboxylic acids is 1. The number of piperidine rings is 1. The standard InChI is InChI=1S/C21H30N2O6/c1-21(2,3)29-20(27)23-12-8-7-11-17(23)18(24)22-16(19(25)26)14-28-13-15-9-5-4-6-10-15/h4-6,9-10,16-17H,7-8,11-14H2,1-3H3,(H,22,24)(H,25,26)/t16-,17-/m0/s1. The number of carboxylic acids is 1. The normalized spacial score (nSPS) is 18.0. The molecule has 1 aliphatic heterocycles. The highest BCUT2D eigenvalue weighted by atomic mass is 16.6. The molecule has 0 aromatic heterocycles. The highest BCUT2D eigenvalue weighted by Crippen LogP contribution is 2.20. The van der Waals surface area contributed by atoms with Crippen molar-refractivity contribution >= 4 is 18.0 Å². The van der Waals surface area contributed by atoms with E-state index in [0.29, 0.717) is 13.0 Å². The minimum absolute atomic E-state index is 0.172. The van der Waals surface area contributed by atoms with Gasteiger partial charge in [-0.15, -0.1) is 0 Å². The fourth-order valence-corrected chi connectivity index (χ4v) is 3.05. The molecule has 1 saturated heterocycles. The minimum Gasteiger partial charge on any atom is -0.480 e. The Morgan fingerprint density at radius 1 is 1.21 bits per heavy atom. The molecule has 1 fully saturated rings. The molecule has 1 aromatic rings. The van der Waals surface area contributed by atoms with Crippen LogP contribution in [0, 0.1) is 0 Å². The second kappa shape index (κ2) is 10.2. The lowest BCUT2D eigenvalue weighted by atomic mass is 10.0. The number of nitrogens with zero attached hydrogens (tertiary/aromatic N) is 1. The molecule has 0 saturated carbocycles. The summed E-state index contributed by atoms with van der Waals surface area (Å²) in [4.78, 5) is 38.2. The topological polar surface area (TPSA) is 105 Å². The summed E-state index contributed by atoms with van der Waals surface area (Å²) in [5.41, 5.74) is 0.232. The van der Waals surface area contributed by atoms with Crippen LogP contribution in [0.2, 0.25) is 0 Å². The van der Waals surface area contributed by atoms with Gasteiger partial charge in [-0.25, -0.2) is 9.59 Å². The van der Waals surface area contributed by atoms with Crippen LogP contribution in [0.4, 0.5) is 4.79 Å². The maximum atomic E-state index is 12.7. The van der Waals surface area contributed by atoms with Crippen molar-refractivity contribution < 1.29 is 29.0 Å². The Morgan fingerprint density at radius 2 is 1.90 bits per heavy atom. The van der Waals surface area contributed by atoms with Crippen LogP contribution in [0.1, 0.15) is 45.6 Å². The van der Waals surface area contributed by atoms with Gasteiger partial charge in [0.15, 0.2) is 6.04 Å². The number of carboxylic acid groups (broad SMARTS) is 1. The lowest BCUT2D eigenvalue weighted by molar-refractivity contribution is -0.144. The third-order valence-electron chi connectivity index (χ3n) is 4.44. The van der Waals surface area contributed by atoms with E-state index in [4.69, 9.17) is 9.47 Å². The summed E-state index contributed by atoms with van der Waals surface area (Å²) in [7, 11) is 0. The van der Waals surface area contributed by atoms with Crippen molar-refractivity contribution in [1.82, 2.24) is 10.2 Å². The second-order valence-electron chi connectivity index (χ2n) is 8.09. The monoisotopic (exact) mass is 406 g/mol. The van der Waals surface area contributed by atoms with Crippen molar-refractivity contribution in [1.29, 1.82) is 0 Å². The van der Waals surface area contributed by atoms with E-state index >= 15 is 0 Å². The number of benzene rings is 1. The van der Waals surface area contributed by atoms with Gasteiger partial charge in [0.1, 0.15) is 11.6 Å². The van der Waals surface area contributed by atoms with Gasteiger partial charge in [-0.2, -0.15) is 0 Å². The number of hydrogen-bond acceptors (Lipinski definition) is 5. The summed E-state index contributed by atoms with van der Waals surface area (Å²) in [5.74, 6) is -1.70. The van der Waals surface area contributed by atoms with Gasteiger partial charge in [-0.05, 0) is 45.6 Å². The van der Waals surface area contributed by atoms with Crippen LogP contribution >= 0.6 is 0 Å². The highest BCUT2D eigenvalue weighted by Gasteiger charge is 2.36. The SMILES string of the molecule is CC(C)(C)OC(=O)N1CCCC[C@H]1C(=O)N[C@@H](COCc1ccccc1)C(=O)O. The van der Waals surface area contributed by atoms with Crippen LogP contribution in [0.5, 0.6) is 0 Å². The van der Waals surface area contributed by atoms with Gasteiger partial charge in [0.25, 0.3) is 0 Å². The van der Waals surface area contributed by atoms with Crippen LogP contribution in [0.3, 0.4) is 0 Å². The Balaban J connectivity index is 1.95. The second-order valence-corrected chi connectivity index (χ2v) is 8.09. The first-order valence-electron chi connectivity index (χ1n) is 9.82. The minimum atomic E-state index is -1.20. The van der Waals surface area contributed by atoms with Crippen molar-refractivity contribution in [3.8, 4) is 0 Å². The molecule has 8 nitrogen and oxygen atoms in total. The maximum absolute atomic E-state index is 12.7. The number of carbonyl (C=O) groups is 3. The van der Waals surface area contributed by atoms with Crippen molar-refractivity contribution in [2.24, 2.45) is 0 Å². The number of amides is 2. The molecule has 160 valence electrons. The smallest absolute Gasteiger partial charge is 0.410 e. The van der Waals surface area contributed by atoms with Gasteiger partial charge < -0.3 is 19.9 Å². The number of nitrogens with one attached hydrogen (secondary N) is 1. The Hall–Kier alpha value is -2.61. The van der Waals surface area contributed by atoms with E-state index in [1.807, 2.05) is 30.3 Å². The lowest BCUT2D eigenvalue weighted by Gasteiger charge is -2.36. The first kappa shape index (κ1) is 22.7. The molecule has 1 aromatic carbocycles. The third kappa shape index (κ3) is 7.38. The van der Waals surface area contributed by atoms with Crippen LogP contribution in [-0.4, -0.2) is 58.8 Å². The largest absolute Gasteiger partial charge is 0.480 e. The summed E-state index contributed by atoms with van der Waals surface area (Å²) in [6, 6.07) is 7.39. The lowest BCUT2D eigenvalue weighted by Crippen LogP contribution is -2.56. The van der Waals surface area contributed by atoms with E-state index in [0.717, 1.165) is 18.4 Å². The van der Waals surface area contributed by atoms with E-state index in [1.54, 1.807) is 20.8 Å². The molecular formula is C21H30N2O6. The van der Waals surface area contributed by atoms with Crippen LogP contribution < -0.4 is 5.32 Å². The van der Waals surface area contributed by atoms with Crippen molar-refractivity contribution in [3.05, 3.63) is 35.9 Å². The quantitative estimate of drug-likeness (QED) is 0.721. The molecule has 29 heavy (non-hydrogen) atoms. The summed E-state index contributed by atoms with van der Waals surface area (Å²) in [6.45, 7) is 5.75. The van der Waals surface area contributed by atoms with Gasteiger partial charge in [0.05, 0.1) is 13.2 Å². The van der Waals surface area contributed by atoms with E-state index < -0.39 is 35.7 Å². The van der Waals surface area contributed by atoms with E-state index in [-0.39, 0.29) is 13.2 Å². The number of carbonyl (C=O) groups excluding carboxylic acids is 2. The van der Waals surface area contributed by atoms with Crippen LogP contribution in [-0.2, 0) is 25.7 Å². The number of likely N-dealkylation sites (tertiary alicyclic amines) is 1. The van der Waals surface area contributed by atoms with E-state index in [2.05, 4.69) is 5.32 Å². The zero-order valence-corrected chi connectivity index (χ0v) is 17.2. The Morgan fingerprint density at radius 3 is 2.52 bits per heavy atom. The molecule has 0 radical (unpaired) electrons. The summed E-state index contributed by atoms with van der Waals surface area (Å²) < 4.78 is 10.9. The van der Waals surface area contributed by atoms with E-state index in [9.17, 15) is 19.5 Å². The molecule has 1 aliphatic rings. The van der Waals surface area contributed by atoms with Crippen molar-refractivity contribution in [2.45, 2.75) is 64.3 Å². The first-order chi connectivity index (χ1) is 13.7. The predicted octanol–water partition coefficient (Wildman–Crippen LogP) is 2.56. The molecular weight excluding hydrogens is 376 g/mol. The molecule has 2 atom stereocenters. The molecule has 0 spiro atoms. The zero-order valence-electron chi connectivity index (χ0n) is 17.2. The molecule has 2 N–H and O–H groups in total. The summed E-state index contributed by atoms with van der Waals surface area (Å²) >= 11 is 0. The maximum Gasteiger partial charge on any atom is 0.410 e. The van der Waals surface area contributed by atoms with Gasteiger partial charge in [-0.3, -0.25) is 9.69 Å². The first-order valence-corrected chi connectivity index (χ1v) is 9.82. The molecule has 1 heterocycles. The van der Waals surface area contributed by atoms with Gasteiger partial charge in [-0.1, -0.05) is 30.3 Å². The molecule has 8 heteroatoms. The number of hydrogen-bond donors (Lipinski definition) is 2. The molecule has 0 unspecified atom stereocenters. The number of ether oxygens (including phenoxy) is 2. The third-order valence-corrected chi connectivity index (χ3v) is 4.44. The molecule has 0 bridgehead atoms. The van der Waals surface area contributed by atoms with E-state index in [1.165, 1.54) is 4.90 Å². The average Bonchev–Trinajstić information content (AvgIpc) is 2.66. The number of rotatable bonds is 7. The van der Waals surface area contributed by atoms with Crippen molar-refractivity contribution in [2.75, 3.05) is 13.2 Å². The fourth-order valence-electron chi connectivity index (χ4n) is 3.05. The summed E-state index contributed by atoms with van der Waals surface area (Å²) in [5, 5.41) is 12.0. The predicted molar refractivity (Wildman–Crippen MR) is 106 cm³/mol. The Bertz CT molecular complexity index is 701. The van der Waals surface area contributed by atoms with Crippen LogP contribution in [0.15, 0.2) is 30.3 Å². The molecule has 0 aliphatic carbocycles. The molecule has 2 rings (SSSR count). The molecule has 2 amide bonds. The van der Waals surface area contributed by atoms with Crippen LogP contribution in [0.25, 0.3) is 0 Å². The average molecular weight is 406 g/mol. The Labute approximate surface area is 171 Å². The Kier molecular flexibility index (Phi) is 8.01. The fraction of sp³-hybridized carbons (Fsp3) is 0.571.